The molecule has 1 heterocycles. The molecule has 1 nitrogen and oxygen atoms in total. The van der Waals surface area contributed by atoms with Gasteiger partial charge in [0.25, 0.3) is 0 Å². The van der Waals surface area contributed by atoms with Crippen molar-refractivity contribution in [3.05, 3.63) is 12.7 Å². The topological polar surface area (TPSA) is 12.0 Å². The van der Waals surface area contributed by atoms with Crippen molar-refractivity contribution in [3.8, 4) is 0 Å². The number of nitrogens with one attached hydrogen (secondary N) is 1. The van der Waals surface area contributed by atoms with E-state index in [2.05, 4.69) is 23.7 Å². The summed E-state index contributed by atoms with van der Waals surface area (Å²) in [6, 6.07) is 0. The molecule has 1 N–H and O–H groups in total. The van der Waals surface area contributed by atoms with Gasteiger partial charge >= 0.3 is 0 Å². The molecule has 0 atom stereocenters. The lowest BCUT2D eigenvalue weighted by molar-refractivity contribution is 0.385. The van der Waals surface area contributed by atoms with Crippen LogP contribution in [0.2, 0.25) is 0 Å². The van der Waals surface area contributed by atoms with Crippen LogP contribution in [0.3, 0.4) is 0 Å². The van der Waals surface area contributed by atoms with Gasteiger partial charge in [0.1, 0.15) is 0 Å². The van der Waals surface area contributed by atoms with Crippen LogP contribution in [-0.2, 0) is 0 Å². The SMILES string of the molecule is C=CCCSCC1CNC1. The Hall–Kier alpha value is 0.0500. The van der Waals surface area contributed by atoms with Crippen LogP contribution in [0.5, 0.6) is 0 Å². The summed E-state index contributed by atoms with van der Waals surface area (Å²) in [6.07, 6.45) is 3.15. The first-order valence-corrected chi connectivity index (χ1v) is 4.98. The normalized spacial score (nSPS) is 18.4. The third-order valence-corrected chi connectivity index (χ3v) is 2.92. The summed E-state index contributed by atoms with van der Waals surface area (Å²) in [6.45, 7) is 6.16. The molecule has 0 aromatic carbocycles. The van der Waals surface area contributed by atoms with Gasteiger partial charge in [-0.1, -0.05) is 6.08 Å². The molecule has 0 aliphatic carbocycles. The van der Waals surface area contributed by atoms with Gasteiger partial charge in [-0.25, -0.2) is 0 Å². The lowest BCUT2D eigenvalue weighted by Crippen LogP contribution is -2.43. The van der Waals surface area contributed by atoms with Crippen molar-refractivity contribution in [2.24, 2.45) is 5.92 Å². The van der Waals surface area contributed by atoms with Gasteiger partial charge in [-0.2, -0.15) is 11.8 Å². The van der Waals surface area contributed by atoms with Crippen LogP contribution in [0, 0.1) is 5.92 Å². The average Bonchev–Trinajstić information content (AvgIpc) is 1.84. The number of hydrogen-bond acceptors (Lipinski definition) is 2. The monoisotopic (exact) mass is 157 g/mol. The van der Waals surface area contributed by atoms with E-state index in [0.717, 1.165) is 12.3 Å². The van der Waals surface area contributed by atoms with Crippen molar-refractivity contribution in [1.29, 1.82) is 0 Å². The molecule has 58 valence electrons. The maximum atomic E-state index is 3.69. The Balaban J connectivity index is 1.80. The van der Waals surface area contributed by atoms with Gasteiger partial charge in [-0.3, -0.25) is 0 Å². The van der Waals surface area contributed by atoms with Crippen LogP contribution in [0.1, 0.15) is 6.42 Å². The van der Waals surface area contributed by atoms with E-state index in [4.69, 9.17) is 0 Å². The molecular formula is C8H15NS. The zero-order chi connectivity index (χ0) is 7.23. The van der Waals surface area contributed by atoms with E-state index in [9.17, 15) is 0 Å². The van der Waals surface area contributed by atoms with E-state index in [1.165, 1.54) is 24.6 Å². The molecule has 1 rings (SSSR count). The molecule has 0 amide bonds. The minimum Gasteiger partial charge on any atom is -0.316 e. The van der Waals surface area contributed by atoms with Crippen molar-refractivity contribution in [3.63, 3.8) is 0 Å². The fourth-order valence-electron chi connectivity index (χ4n) is 0.883. The van der Waals surface area contributed by atoms with Crippen molar-refractivity contribution in [2.75, 3.05) is 24.6 Å². The van der Waals surface area contributed by atoms with Crippen LogP contribution in [0.15, 0.2) is 12.7 Å². The Bertz CT molecular complexity index is 99.4. The smallest absolute Gasteiger partial charge is 0.0000326 e. The Morgan fingerprint density at radius 1 is 1.60 bits per heavy atom. The minimum absolute atomic E-state index is 0.954. The predicted molar refractivity (Wildman–Crippen MR) is 48.5 cm³/mol. The Kier molecular flexibility index (Phi) is 3.91. The summed E-state index contributed by atoms with van der Waals surface area (Å²) >= 11 is 2.05. The van der Waals surface area contributed by atoms with E-state index in [0.29, 0.717) is 0 Å². The summed E-state index contributed by atoms with van der Waals surface area (Å²) in [7, 11) is 0. The number of hydrogen-bond donors (Lipinski definition) is 1. The van der Waals surface area contributed by atoms with Gasteiger partial charge in [0.15, 0.2) is 0 Å². The molecular weight excluding hydrogens is 142 g/mol. The van der Waals surface area contributed by atoms with E-state index in [1.807, 2.05) is 6.08 Å². The standard InChI is InChI=1S/C8H15NS/c1-2-3-4-10-7-8-5-9-6-8/h2,8-9H,1,3-7H2. The number of rotatable bonds is 5. The molecule has 0 aromatic rings. The zero-order valence-electron chi connectivity index (χ0n) is 6.31. The van der Waals surface area contributed by atoms with E-state index in [-0.39, 0.29) is 0 Å². The lowest BCUT2D eigenvalue weighted by atomic mass is 10.1. The van der Waals surface area contributed by atoms with Crippen LogP contribution in [0.4, 0.5) is 0 Å². The third kappa shape index (κ3) is 2.76. The molecule has 0 unspecified atom stereocenters. The van der Waals surface area contributed by atoms with E-state index < -0.39 is 0 Å². The summed E-state index contributed by atoms with van der Waals surface area (Å²) < 4.78 is 0. The number of thioether (sulfide) groups is 1. The highest BCUT2D eigenvalue weighted by atomic mass is 32.2. The van der Waals surface area contributed by atoms with Gasteiger partial charge in [-0.15, -0.1) is 6.58 Å². The molecule has 0 bridgehead atoms. The third-order valence-electron chi connectivity index (χ3n) is 1.69. The maximum absolute atomic E-state index is 3.69. The van der Waals surface area contributed by atoms with Crippen molar-refractivity contribution in [1.82, 2.24) is 5.32 Å². The Labute approximate surface area is 67.3 Å². The molecule has 1 fully saturated rings. The maximum Gasteiger partial charge on any atom is -0.0000326 e. The minimum atomic E-state index is 0.954. The molecule has 0 radical (unpaired) electrons. The first kappa shape index (κ1) is 8.15. The predicted octanol–water partition coefficient (Wildman–Crippen LogP) is 1.52. The fraction of sp³-hybridized carbons (Fsp3) is 0.750. The molecule has 0 spiro atoms. The molecule has 0 saturated carbocycles. The van der Waals surface area contributed by atoms with Crippen molar-refractivity contribution in [2.45, 2.75) is 6.42 Å². The summed E-state index contributed by atoms with van der Waals surface area (Å²) in [5.41, 5.74) is 0. The van der Waals surface area contributed by atoms with E-state index in [1.54, 1.807) is 0 Å². The quantitative estimate of drug-likeness (QED) is 0.479. The van der Waals surface area contributed by atoms with Gasteiger partial charge < -0.3 is 5.32 Å². The second-order valence-corrected chi connectivity index (χ2v) is 3.83. The van der Waals surface area contributed by atoms with Gasteiger partial charge in [0.2, 0.25) is 0 Å². The Morgan fingerprint density at radius 3 is 2.90 bits per heavy atom. The van der Waals surface area contributed by atoms with Gasteiger partial charge in [0.05, 0.1) is 0 Å². The highest BCUT2D eigenvalue weighted by Gasteiger charge is 2.15. The van der Waals surface area contributed by atoms with Crippen molar-refractivity contribution < 1.29 is 0 Å². The first-order valence-electron chi connectivity index (χ1n) is 3.83. The largest absolute Gasteiger partial charge is 0.316 e. The number of allylic oxidation sites excluding steroid dienone is 1. The first-order chi connectivity index (χ1) is 4.93. The molecule has 1 saturated heterocycles. The van der Waals surface area contributed by atoms with E-state index >= 15 is 0 Å². The van der Waals surface area contributed by atoms with Crippen LogP contribution in [-0.4, -0.2) is 24.6 Å². The van der Waals surface area contributed by atoms with Gasteiger partial charge in [0, 0.05) is 0 Å². The van der Waals surface area contributed by atoms with Crippen LogP contribution in [0.25, 0.3) is 0 Å². The highest BCUT2D eigenvalue weighted by Crippen LogP contribution is 2.12. The average molecular weight is 157 g/mol. The summed E-state index contributed by atoms with van der Waals surface area (Å²) in [5.74, 6) is 3.54. The second-order valence-electron chi connectivity index (χ2n) is 2.68. The fourth-order valence-corrected chi connectivity index (χ4v) is 1.95. The summed E-state index contributed by atoms with van der Waals surface area (Å²) in [5, 5.41) is 3.27. The highest BCUT2D eigenvalue weighted by molar-refractivity contribution is 7.99. The Morgan fingerprint density at radius 2 is 2.40 bits per heavy atom. The van der Waals surface area contributed by atoms with Gasteiger partial charge in [-0.05, 0) is 36.9 Å². The molecule has 0 aromatic heterocycles. The van der Waals surface area contributed by atoms with Crippen LogP contribution < -0.4 is 5.32 Å². The zero-order valence-corrected chi connectivity index (χ0v) is 7.12. The molecule has 10 heavy (non-hydrogen) atoms. The molecule has 1 aliphatic rings. The second kappa shape index (κ2) is 4.80. The lowest BCUT2D eigenvalue weighted by Gasteiger charge is -2.26. The molecule has 1 aliphatic heterocycles. The summed E-state index contributed by atoms with van der Waals surface area (Å²) in [4.78, 5) is 0. The van der Waals surface area contributed by atoms with Crippen LogP contribution >= 0.6 is 11.8 Å². The van der Waals surface area contributed by atoms with Crippen molar-refractivity contribution >= 4 is 11.8 Å². The molecule has 2 heteroatoms.